The van der Waals surface area contributed by atoms with Gasteiger partial charge in [0.15, 0.2) is 0 Å². The molecule has 0 spiro atoms. The fourth-order valence-corrected chi connectivity index (χ4v) is 1.64. The number of amides is 1. The second-order valence-electron chi connectivity index (χ2n) is 5.33. The molecule has 0 saturated carbocycles. The third-order valence-corrected chi connectivity index (χ3v) is 3.04. The molecule has 0 aliphatic heterocycles. The highest BCUT2D eigenvalue weighted by Gasteiger charge is 2.30. The Morgan fingerprint density at radius 3 is 2.43 bits per heavy atom. The monoisotopic (exact) mass is 288 g/mol. The van der Waals surface area contributed by atoms with Crippen molar-refractivity contribution in [3.05, 3.63) is 41.7 Å². The van der Waals surface area contributed by atoms with E-state index in [0.717, 1.165) is 11.1 Å². The zero-order valence-corrected chi connectivity index (χ0v) is 12.0. The van der Waals surface area contributed by atoms with Gasteiger partial charge in [0.2, 0.25) is 5.76 Å². The van der Waals surface area contributed by atoms with Crippen LogP contribution in [0.15, 0.2) is 34.9 Å². The summed E-state index contributed by atoms with van der Waals surface area (Å²) >= 11 is 0. The van der Waals surface area contributed by atoms with E-state index in [9.17, 15) is 9.59 Å². The highest BCUT2D eigenvalue weighted by atomic mass is 16.5. The van der Waals surface area contributed by atoms with Crippen LogP contribution < -0.4 is 5.32 Å². The van der Waals surface area contributed by atoms with Gasteiger partial charge < -0.3 is 14.9 Å². The van der Waals surface area contributed by atoms with E-state index in [1.807, 2.05) is 31.2 Å². The Bertz CT molecular complexity index is 671. The number of carbonyl (C=O) groups excluding carboxylic acids is 1. The number of carboxylic acids is 1. The number of aryl methyl sites for hydroxylation is 1. The summed E-state index contributed by atoms with van der Waals surface area (Å²) in [4.78, 5) is 22.9. The van der Waals surface area contributed by atoms with Crippen LogP contribution in [0.25, 0.3) is 11.3 Å². The van der Waals surface area contributed by atoms with Gasteiger partial charge in [-0.05, 0) is 20.8 Å². The van der Waals surface area contributed by atoms with Crippen LogP contribution in [-0.2, 0) is 4.79 Å². The summed E-state index contributed by atoms with van der Waals surface area (Å²) in [6.07, 6.45) is 0. The standard InChI is InChI=1S/C15H16N2O4/c1-9-4-6-10(7-5-9)11-8-12(21-17-11)13(18)16-15(2,3)14(19)20/h4-8H,1-3H3,(H,16,18)(H,19,20). The smallest absolute Gasteiger partial charge is 0.328 e. The van der Waals surface area contributed by atoms with E-state index in [2.05, 4.69) is 10.5 Å². The lowest BCUT2D eigenvalue weighted by Crippen LogP contribution is -2.49. The zero-order valence-electron chi connectivity index (χ0n) is 12.0. The average Bonchev–Trinajstić information content (AvgIpc) is 2.88. The Kier molecular flexibility index (Phi) is 3.80. The molecule has 2 N–H and O–H groups in total. The first-order valence-corrected chi connectivity index (χ1v) is 6.39. The maximum Gasteiger partial charge on any atom is 0.328 e. The number of hydrogen-bond donors (Lipinski definition) is 2. The second-order valence-corrected chi connectivity index (χ2v) is 5.33. The number of nitrogens with zero attached hydrogens (tertiary/aromatic N) is 1. The Hall–Kier alpha value is -2.63. The van der Waals surface area contributed by atoms with Gasteiger partial charge in [-0.3, -0.25) is 4.79 Å². The maximum atomic E-state index is 12.0. The van der Waals surface area contributed by atoms with Crippen LogP contribution in [0, 0.1) is 6.92 Å². The van der Waals surface area contributed by atoms with E-state index in [1.54, 1.807) is 0 Å². The van der Waals surface area contributed by atoms with Gasteiger partial charge in [0.1, 0.15) is 11.2 Å². The predicted molar refractivity (Wildman–Crippen MR) is 75.9 cm³/mol. The first-order chi connectivity index (χ1) is 9.79. The number of hydrogen-bond acceptors (Lipinski definition) is 4. The molecular weight excluding hydrogens is 272 g/mol. The molecule has 0 unspecified atom stereocenters. The van der Waals surface area contributed by atoms with E-state index in [4.69, 9.17) is 9.63 Å². The van der Waals surface area contributed by atoms with Crippen LogP contribution in [0.1, 0.15) is 30.0 Å². The predicted octanol–water partition coefficient (Wildman–Crippen LogP) is 2.24. The Balaban J connectivity index is 2.18. The molecule has 0 atom stereocenters. The van der Waals surface area contributed by atoms with Gasteiger partial charge in [-0.25, -0.2) is 4.79 Å². The van der Waals surface area contributed by atoms with Gasteiger partial charge >= 0.3 is 5.97 Å². The van der Waals surface area contributed by atoms with Crippen molar-refractivity contribution in [3.8, 4) is 11.3 Å². The highest BCUT2D eigenvalue weighted by molar-refractivity contribution is 5.96. The van der Waals surface area contributed by atoms with Crippen molar-refractivity contribution in [1.29, 1.82) is 0 Å². The molecule has 1 amide bonds. The van der Waals surface area contributed by atoms with Gasteiger partial charge in [0.05, 0.1) is 0 Å². The van der Waals surface area contributed by atoms with Crippen molar-refractivity contribution in [2.75, 3.05) is 0 Å². The molecule has 2 rings (SSSR count). The normalized spacial score (nSPS) is 11.2. The summed E-state index contributed by atoms with van der Waals surface area (Å²) in [6.45, 7) is 4.76. The van der Waals surface area contributed by atoms with Crippen LogP contribution in [-0.4, -0.2) is 27.7 Å². The van der Waals surface area contributed by atoms with Gasteiger partial charge in [-0.15, -0.1) is 0 Å². The van der Waals surface area contributed by atoms with Crippen LogP contribution in [0.2, 0.25) is 0 Å². The summed E-state index contributed by atoms with van der Waals surface area (Å²) in [5.74, 6) is -1.78. The molecule has 1 aromatic heterocycles. The molecule has 0 radical (unpaired) electrons. The number of aromatic nitrogens is 1. The molecule has 0 fully saturated rings. The first-order valence-electron chi connectivity index (χ1n) is 6.39. The van der Waals surface area contributed by atoms with Gasteiger partial charge in [-0.1, -0.05) is 35.0 Å². The van der Waals surface area contributed by atoms with Crippen molar-refractivity contribution < 1.29 is 19.2 Å². The minimum Gasteiger partial charge on any atom is -0.480 e. The number of carboxylic acid groups (broad SMARTS) is 1. The molecule has 2 aromatic rings. The molecule has 1 aromatic carbocycles. The summed E-state index contributed by atoms with van der Waals surface area (Å²) in [5, 5.41) is 15.2. The fraction of sp³-hybridized carbons (Fsp3) is 0.267. The van der Waals surface area contributed by atoms with Crippen LogP contribution >= 0.6 is 0 Å². The molecular formula is C15H16N2O4. The molecule has 1 heterocycles. The van der Waals surface area contributed by atoms with E-state index < -0.39 is 17.4 Å². The maximum absolute atomic E-state index is 12.0. The summed E-state index contributed by atoms with van der Waals surface area (Å²) in [6, 6.07) is 9.08. The number of rotatable bonds is 4. The summed E-state index contributed by atoms with van der Waals surface area (Å²) < 4.78 is 4.98. The van der Waals surface area contributed by atoms with Crippen molar-refractivity contribution in [3.63, 3.8) is 0 Å². The van der Waals surface area contributed by atoms with Crippen molar-refractivity contribution in [2.45, 2.75) is 26.3 Å². The lowest BCUT2D eigenvalue weighted by molar-refractivity contribution is -0.143. The van der Waals surface area contributed by atoms with Crippen LogP contribution in [0.4, 0.5) is 0 Å². The van der Waals surface area contributed by atoms with Crippen molar-refractivity contribution in [2.24, 2.45) is 0 Å². The molecule has 110 valence electrons. The quantitative estimate of drug-likeness (QED) is 0.900. The minimum atomic E-state index is -1.38. The molecule has 21 heavy (non-hydrogen) atoms. The Labute approximate surface area is 121 Å². The van der Waals surface area contributed by atoms with Gasteiger partial charge in [0.25, 0.3) is 5.91 Å². The average molecular weight is 288 g/mol. The highest BCUT2D eigenvalue weighted by Crippen LogP contribution is 2.20. The first kappa shape index (κ1) is 14.8. The second kappa shape index (κ2) is 5.40. The SMILES string of the molecule is Cc1ccc(-c2cc(C(=O)NC(C)(C)C(=O)O)on2)cc1. The zero-order chi connectivity index (χ0) is 15.6. The van der Waals surface area contributed by atoms with E-state index in [0.29, 0.717) is 5.69 Å². The molecule has 6 heteroatoms. The van der Waals surface area contributed by atoms with Gasteiger partial charge in [-0.2, -0.15) is 0 Å². The lowest BCUT2D eigenvalue weighted by Gasteiger charge is -2.19. The summed E-state index contributed by atoms with van der Waals surface area (Å²) in [5.41, 5.74) is 1.08. The summed E-state index contributed by atoms with van der Waals surface area (Å²) in [7, 11) is 0. The molecule has 0 aliphatic carbocycles. The topological polar surface area (TPSA) is 92.4 Å². The molecule has 0 aliphatic rings. The van der Waals surface area contributed by atoms with E-state index in [-0.39, 0.29) is 5.76 Å². The van der Waals surface area contributed by atoms with Gasteiger partial charge in [0, 0.05) is 11.6 Å². The van der Waals surface area contributed by atoms with E-state index in [1.165, 1.54) is 19.9 Å². The van der Waals surface area contributed by atoms with E-state index >= 15 is 0 Å². The lowest BCUT2D eigenvalue weighted by atomic mass is 10.1. The Morgan fingerprint density at radius 2 is 1.86 bits per heavy atom. The minimum absolute atomic E-state index is 0.0279. The van der Waals surface area contributed by atoms with Crippen molar-refractivity contribution >= 4 is 11.9 Å². The molecule has 6 nitrogen and oxygen atoms in total. The Morgan fingerprint density at radius 1 is 1.24 bits per heavy atom. The molecule has 0 bridgehead atoms. The third-order valence-electron chi connectivity index (χ3n) is 3.04. The van der Waals surface area contributed by atoms with Crippen molar-refractivity contribution in [1.82, 2.24) is 10.5 Å². The molecule has 0 saturated heterocycles. The van der Waals surface area contributed by atoms with Crippen LogP contribution in [0.3, 0.4) is 0 Å². The number of benzene rings is 1. The van der Waals surface area contributed by atoms with Crippen LogP contribution in [0.5, 0.6) is 0 Å². The number of aliphatic carboxylic acids is 1. The largest absolute Gasteiger partial charge is 0.480 e. The third kappa shape index (κ3) is 3.28. The number of nitrogens with one attached hydrogen (secondary N) is 1. The number of carbonyl (C=O) groups is 2. The fourth-order valence-electron chi connectivity index (χ4n) is 1.64.